The second kappa shape index (κ2) is 5.40. The SMILES string of the molecule is C#Cc1cccc(CCCCN)c1. The maximum Gasteiger partial charge on any atom is 0.0245 e. The number of terminal acetylenes is 1. The lowest BCUT2D eigenvalue weighted by Crippen LogP contribution is -1.98. The Kier molecular flexibility index (Phi) is 4.08. The Labute approximate surface area is 80.0 Å². The van der Waals surface area contributed by atoms with Crippen molar-refractivity contribution in [2.75, 3.05) is 6.54 Å². The average Bonchev–Trinajstić information content (AvgIpc) is 2.19. The molecule has 1 rings (SSSR count). The highest BCUT2D eigenvalue weighted by atomic mass is 14.5. The van der Waals surface area contributed by atoms with E-state index in [4.69, 9.17) is 12.2 Å². The Balaban J connectivity index is 2.52. The van der Waals surface area contributed by atoms with Gasteiger partial charge in [-0.15, -0.1) is 6.42 Å². The maximum absolute atomic E-state index is 5.42. The number of aryl methyl sites for hydroxylation is 1. The number of unbranched alkanes of at least 4 members (excludes halogenated alkanes) is 1. The molecule has 0 saturated carbocycles. The molecule has 0 spiro atoms. The maximum atomic E-state index is 5.42. The molecule has 0 atom stereocenters. The van der Waals surface area contributed by atoms with Crippen LogP contribution in [0.2, 0.25) is 0 Å². The molecule has 0 bridgehead atoms. The van der Waals surface area contributed by atoms with Gasteiger partial charge in [-0.1, -0.05) is 18.1 Å². The highest BCUT2D eigenvalue weighted by Gasteiger charge is 1.93. The minimum atomic E-state index is 0.773. The van der Waals surface area contributed by atoms with Gasteiger partial charge in [-0.3, -0.25) is 0 Å². The molecular formula is C12H15N. The van der Waals surface area contributed by atoms with E-state index >= 15 is 0 Å². The molecule has 0 saturated heterocycles. The number of rotatable bonds is 4. The highest BCUT2D eigenvalue weighted by molar-refractivity contribution is 5.35. The Hall–Kier alpha value is -1.26. The quantitative estimate of drug-likeness (QED) is 0.546. The van der Waals surface area contributed by atoms with Crippen LogP contribution in [-0.4, -0.2) is 6.54 Å². The van der Waals surface area contributed by atoms with Gasteiger partial charge < -0.3 is 5.73 Å². The highest BCUT2D eigenvalue weighted by Crippen LogP contribution is 2.07. The Morgan fingerprint density at radius 2 is 2.15 bits per heavy atom. The minimum absolute atomic E-state index is 0.773. The Morgan fingerprint density at radius 3 is 2.85 bits per heavy atom. The smallest absolute Gasteiger partial charge is 0.0245 e. The summed E-state index contributed by atoms with van der Waals surface area (Å²) in [5.41, 5.74) is 7.69. The van der Waals surface area contributed by atoms with Crippen LogP contribution in [0.5, 0.6) is 0 Å². The molecule has 68 valence electrons. The number of nitrogens with two attached hydrogens (primary N) is 1. The van der Waals surface area contributed by atoms with Crippen molar-refractivity contribution < 1.29 is 0 Å². The van der Waals surface area contributed by atoms with E-state index in [9.17, 15) is 0 Å². The van der Waals surface area contributed by atoms with Gasteiger partial charge in [0.1, 0.15) is 0 Å². The second-order valence-corrected chi connectivity index (χ2v) is 3.09. The van der Waals surface area contributed by atoms with Gasteiger partial charge in [-0.05, 0) is 43.5 Å². The van der Waals surface area contributed by atoms with Crippen molar-refractivity contribution in [1.29, 1.82) is 0 Å². The third-order valence-corrected chi connectivity index (χ3v) is 2.01. The van der Waals surface area contributed by atoms with E-state index in [1.807, 2.05) is 12.1 Å². The van der Waals surface area contributed by atoms with Gasteiger partial charge in [0.05, 0.1) is 0 Å². The van der Waals surface area contributed by atoms with E-state index in [1.54, 1.807) is 0 Å². The molecule has 13 heavy (non-hydrogen) atoms. The molecule has 0 radical (unpaired) electrons. The van der Waals surface area contributed by atoms with E-state index in [0.29, 0.717) is 0 Å². The van der Waals surface area contributed by atoms with Crippen molar-refractivity contribution in [2.45, 2.75) is 19.3 Å². The molecule has 0 fully saturated rings. The van der Waals surface area contributed by atoms with E-state index < -0.39 is 0 Å². The van der Waals surface area contributed by atoms with Gasteiger partial charge in [0.25, 0.3) is 0 Å². The average molecular weight is 173 g/mol. The standard InChI is InChI=1S/C12H15N/c1-2-11-7-5-8-12(10-11)6-3-4-9-13/h1,5,7-8,10H,3-4,6,9,13H2. The largest absolute Gasteiger partial charge is 0.330 e. The van der Waals surface area contributed by atoms with Crippen LogP contribution in [0.4, 0.5) is 0 Å². The summed E-state index contributed by atoms with van der Waals surface area (Å²) in [4.78, 5) is 0. The summed E-state index contributed by atoms with van der Waals surface area (Å²) in [6.45, 7) is 0.773. The van der Waals surface area contributed by atoms with Crippen LogP contribution in [0.3, 0.4) is 0 Å². The van der Waals surface area contributed by atoms with Crippen LogP contribution in [0.1, 0.15) is 24.0 Å². The molecule has 0 aliphatic carbocycles. The molecule has 1 aromatic carbocycles. The summed E-state index contributed by atoms with van der Waals surface area (Å²) in [5.74, 6) is 2.63. The van der Waals surface area contributed by atoms with Crippen LogP contribution in [-0.2, 0) is 6.42 Å². The molecule has 0 unspecified atom stereocenters. The van der Waals surface area contributed by atoms with Crippen molar-refractivity contribution in [2.24, 2.45) is 5.73 Å². The van der Waals surface area contributed by atoms with Gasteiger partial charge in [-0.25, -0.2) is 0 Å². The molecule has 0 amide bonds. The van der Waals surface area contributed by atoms with Crippen LogP contribution >= 0.6 is 0 Å². The van der Waals surface area contributed by atoms with Gasteiger partial charge >= 0.3 is 0 Å². The third kappa shape index (κ3) is 3.31. The lowest BCUT2D eigenvalue weighted by Gasteiger charge is -2.00. The molecule has 0 heterocycles. The predicted octanol–water partition coefficient (Wildman–Crippen LogP) is 1.95. The van der Waals surface area contributed by atoms with Crippen LogP contribution in [0.15, 0.2) is 24.3 Å². The monoisotopic (exact) mass is 173 g/mol. The summed E-state index contributed by atoms with van der Waals surface area (Å²) in [6, 6.07) is 8.13. The first-order valence-electron chi connectivity index (χ1n) is 4.62. The topological polar surface area (TPSA) is 26.0 Å². The molecule has 1 heteroatoms. The van der Waals surface area contributed by atoms with Crippen molar-refractivity contribution in [3.63, 3.8) is 0 Å². The van der Waals surface area contributed by atoms with E-state index in [-0.39, 0.29) is 0 Å². The molecule has 0 aliphatic rings. The van der Waals surface area contributed by atoms with Crippen molar-refractivity contribution in [3.8, 4) is 12.3 Å². The Morgan fingerprint density at radius 1 is 1.31 bits per heavy atom. The number of benzene rings is 1. The normalized spacial score (nSPS) is 9.54. The first-order valence-corrected chi connectivity index (χ1v) is 4.62. The lowest BCUT2D eigenvalue weighted by atomic mass is 10.1. The number of hydrogen-bond acceptors (Lipinski definition) is 1. The number of hydrogen-bond donors (Lipinski definition) is 1. The lowest BCUT2D eigenvalue weighted by molar-refractivity contribution is 0.745. The Bertz CT molecular complexity index is 296. The van der Waals surface area contributed by atoms with E-state index in [1.165, 1.54) is 5.56 Å². The van der Waals surface area contributed by atoms with Crippen molar-refractivity contribution in [3.05, 3.63) is 35.4 Å². The first kappa shape index (κ1) is 9.83. The predicted molar refractivity (Wildman–Crippen MR) is 56.4 cm³/mol. The second-order valence-electron chi connectivity index (χ2n) is 3.09. The van der Waals surface area contributed by atoms with Crippen molar-refractivity contribution in [1.82, 2.24) is 0 Å². The van der Waals surface area contributed by atoms with Gasteiger partial charge in [-0.2, -0.15) is 0 Å². The zero-order chi connectivity index (χ0) is 9.52. The summed E-state index contributed by atoms with van der Waals surface area (Å²) in [5, 5.41) is 0. The van der Waals surface area contributed by atoms with Crippen LogP contribution in [0, 0.1) is 12.3 Å². The summed E-state index contributed by atoms with van der Waals surface area (Å²) >= 11 is 0. The van der Waals surface area contributed by atoms with Gasteiger partial charge in [0.15, 0.2) is 0 Å². The molecule has 0 aliphatic heterocycles. The zero-order valence-electron chi connectivity index (χ0n) is 7.79. The fourth-order valence-corrected chi connectivity index (χ4v) is 1.29. The summed E-state index contributed by atoms with van der Waals surface area (Å²) < 4.78 is 0. The van der Waals surface area contributed by atoms with E-state index in [0.717, 1.165) is 31.4 Å². The third-order valence-electron chi connectivity index (χ3n) is 2.01. The summed E-state index contributed by atoms with van der Waals surface area (Å²) in [6.07, 6.45) is 8.61. The van der Waals surface area contributed by atoms with E-state index in [2.05, 4.69) is 18.1 Å². The van der Waals surface area contributed by atoms with Gasteiger partial charge in [0.2, 0.25) is 0 Å². The fourth-order valence-electron chi connectivity index (χ4n) is 1.29. The van der Waals surface area contributed by atoms with Crippen molar-refractivity contribution >= 4 is 0 Å². The molecule has 1 nitrogen and oxygen atoms in total. The van der Waals surface area contributed by atoms with Crippen LogP contribution in [0.25, 0.3) is 0 Å². The van der Waals surface area contributed by atoms with Crippen LogP contribution < -0.4 is 5.73 Å². The summed E-state index contributed by atoms with van der Waals surface area (Å²) in [7, 11) is 0. The molecule has 2 N–H and O–H groups in total. The van der Waals surface area contributed by atoms with Gasteiger partial charge in [0, 0.05) is 5.56 Å². The fraction of sp³-hybridized carbons (Fsp3) is 0.333. The molecule has 0 aromatic heterocycles. The minimum Gasteiger partial charge on any atom is -0.330 e. The zero-order valence-corrected chi connectivity index (χ0v) is 7.79. The molecular weight excluding hydrogens is 158 g/mol. The molecule has 1 aromatic rings. The first-order chi connectivity index (χ1) is 6.36.